The van der Waals surface area contributed by atoms with Crippen LogP contribution in [0.15, 0.2) is 23.8 Å². The first-order valence-electron chi connectivity index (χ1n) is 4.09. The summed E-state index contributed by atoms with van der Waals surface area (Å²) < 4.78 is 18.0. The van der Waals surface area contributed by atoms with Crippen LogP contribution in [0.5, 0.6) is 5.75 Å². The number of primary amides is 1. The molecule has 0 unspecified atom stereocenters. The van der Waals surface area contributed by atoms with Crippen molar-refractivity contribution in [3.63, 3.8) is 0 Å². The number of rotatable bonds is 1. The van der Waals surface area contributed by atoms with Crippen LogP contribution in [0.4, 0.5) is 4.39 Å². The molecule has 0 spiro atoms. The molecule has 0 fully saturated rings. The monoisotopic (exact) mass is 193 g/mol. The first-order valence-corrected chi connectivity index (χ1v) is 4.09. The molecule has 1 aromatic carbocycles. The predicted molar refractivity (Wildman–Crippen MR) is 49.1 cm³/mol. The second kappa shape index (κ2) is 3.14. The van der Waals surface area contributed by atoms with Crippen molar-refractivity contribution in [1.29, 1.82) is 0 Å². The zero-order chi connectivity index (χ0) is 10.1. The minimum atomic E-state index is -0.542. The van der Waals surface area contributed by atoms with E-state index < -0.39 is 5.91 Å². The molecule has 0 aliphatic carbocycles. The number of nitrogens with two attached hydrogens (primary N) is 1. The molecule has 1 aromatic rings. The summed E-state index contributed by atoms with van der Waals surface area (Å²) in [5.74, 6) is -0.342. The SMILES string of the molecule is NC(=O)C1=Cc2cc(F)ccc2OC1. The van der Waals surface area contributed by atoms with Gasteiger partial charge in [0.15, 0.2) is 0 Å². The zero-order valence-electron chi connectivity index (χ0n) is 7.29. The summed E-state index contributed by atoms with van der Waals surface area (Å²) in [6, 6.07) is 4.14. The summed E-state index contributed by atoms with van der Waals surface area (Å²) in [5, 5.41) is 0. The van der Waals surface area contributed by atoms with Crippen molar-refractivity contribution in [2.75, 3.05) is 6.61 Å². The molecule has 2 N–H and O–H groups in total. The van der Waals surface area contributed by atoms with Crippen LogP contribution in [0.25, 0.3) is 6.08 Å². The molecule has 72 valence electrons. The molecule has 0 radical (unpaired) electrons. The van der Waals surface area contributed by atoms with Crippen molar-refractivity contribution in [2.24, 2.45) is 5.73 Å². The van der Waals surface area contributed by atoms with E-state index in [4.69, 9.17) is 10.5 Å². The molecule has 4 heteroatoms. The van der Waals surface area contributed by atoms with Crippen molar-refractivity contribution < 1.29 is 13.9 Å². The van der Waals surface area contributed by atoms with E-state index in [1.54, 1.807) is 6.08 Å². The van der Waals surface area contributed by atoms with E-state index in [9.17, 15) is 9.18 Å². The number of carbonyl (C=O) groups excluding carboxylic acids is 1. The Bertz CT molecular complexity index is 426. The summed E-state index contributed by atoms with van der Waals surface area (Å²) in [6.45, 7) is 0.147. The average Bonchev–Trinajstić information content (AvgIpc) is 2.16. The van der Waals surface area contributed by atoms with Gasteiger partial charge in [0.05, 0.1) is 5.57 Å². The van der Waals surface area contributed by atoms with Crippen LogP contribution < -0.4 is 10.5 Å². The van der Waals surface area contributed by atoms with Gasteiger partial charge in [-0.2, -0.15) is 0 Å². The first kappa shape index (κ1) is 8.74. The lowest BCUT2D eigenvalue weighted by Crippen LogP contribution is -2.21. The Labute approximate surface area is 80.0 Å². The summed E-state index contributed by atoms with van der Waals surface area (Å²) in [4.78, 5) is 10.8. The van der Waals surface area contributed by atoms with Crippen LogP contribution in [0.3, 0.4) is 0 Å². The molecule has 1 heterocycles. The lowest BCUT2D eigenvalue weighted by Gasteiger charge is -2.15. The van der Waals surface area contributed by atoms with Crippen LogP contribution in [-0.4, -0.2) is 12.5 Å². The van der Waals surface area contributed by atoms with Gasteiger partial charge in [-0.1, -0.05) is 0 Å². The summed E-state index contributed by atoms with van der Waals surface area (Å²) in [5.41, 5.74) is 5.98. The lowest BCUT2D eigenvalue weighted by atomic mass is 10.1. The van der Waals surface area contributed by atoms with Crippen molar-refractivity contribution in [3.8, 4) is 5.75 Å². The normalized spacial score (nSPS) is 13.9. The maximum Gasteiger partial charge on any atom is 0.248 e. The van der Waals surface area contributed by atoms with Gasteiger partial charge >= 0.3 is 0 Å². The fourth-order valence-corrected chi connectivity index (χ4v) is 1.29. The Morgan fingerprint density at radius 3 is 3.00 bits per heavy atom. The zero-order valence-corrected chi connectivity index (χ0v) is 7.29. The van der Waals surface area contributed by atoms with Crippen LogP contribution in [0.1, 0.15) is 5.56 Å². The lowest BCUT2D eigenvalue weighted by molar-refractivity contribution is -0.114. The van der Waals surface area contributed by atoms with Gasteiger partial charge in [0.25, 0.3) is 0 Å². The molecule has 2 rings (SSSR count). The van der Waals surface area contributed by atoms with Crippen molar-refractivity contribution in [3.05, 3.63) is 35.2 Å². The smallest absolute Gasteiger partial charge is 0.248 e. The van der Waals surface area contributed by atoms with Crippen molar-refractivity contribution in [2.45, 2.75) is 0 Å². The minimum Gasteiger partial charge on any atom is -0.488 e. The van der Waals surface area contributed by atoms with Gasteiger partial charge in [0.2, 0.25) is 5.91 Å². The third-order valence-corrected chi connectivity index (χ3v) is 2.00. The minimum absolute atomic E-state index is 0.147. The predicted octanol–water partition coefficient (Wildman–Crippen LogP) is 1.09. The van der Waals surface area contributed by atoms with E-state index in [0.29, 0.717) is 16.9 Å². The Hall–Kier alpha value is -1.84. The number of amides is 1. The number of hydrogen-bond donors (Lipinski definition) is 1. The Morgan fingerprint density at radius 1 is 1.50 bits per heavy atom. The van der Waals surface area contributed by atoms with Gasteiger partial charge in [-0.25, -0.2) is 4.39 Å². The van der Waals surface area contributed by atoms with E-state index >= 15 is 0 Å². The van der Waals surface area contributed by atoms with E-state index in [-0.39, 0.29) is 12.4 Å². The molecule has 1 amide bonds. The maximum absolute atomic E-state index is 12.8. The van der Waals surface area contributed by atoms with E-state index in [2.05, 4.69) is 0 Å². The largest absolute Gasteiger partial charge is 0.488 e. The number of halogens is 1. The quantitative estimate of drug-likeness (QED) is 0.725. The van der Waals surface area contributed by atoms with Crippen molar-refractivity contribution in [1.82, 2.24) is 0 Å². The fraction of sp³-hybridized carbons (Fsp3) is 0.100. The van der Waals surface area contributed by atoms with Crippen LogP contribution in [0, 0.1) is 5.82 Å². The summed E-state index contributed by atoms with van der Waals surface area (Å²) >= 11 is 0. The number of benzene rings is 1. The second-order valence-electron chi connectivity index (χ2n) is 3.00. The van der Waals surface area contributed by atoms with E-state index in [1.807, 2.05) is 0 Å². The highest BCUT2D eigenvalue weighted by Crippen LogP contribution is 2.26. The van der Waals surface area contributed by atoms with Gasteiger partial charge < -0.3 is 10.5 Å². The molecule has 3 nitrogen and oxygen atoms in total. The molecule has 0 aromatic heterocycles. The van der Waals surface area contributed by atoms with Gasteiger partial charge in [0.1, 0.15) is 18.2 Å². The standard InChI is InChI=1S/C10H8FNO2/c11-8-1-2-9-6(4-8)3-7(5-14-9)10(12)13/h1-4H,5H2,(H2,12,13). The third kappa shape index (κ3) is 1.46. The van der Waals surface area contributed by atoms with E-state index in [1.165, 1.54) is 18.2 Å². The van der Waals surface area contributed by atoms with Gasteiger partial charge in [-0.05, 0) is 24.3 Å². The second-order valence-corrected chi connectivity index (χ2v) is 3.00. The number of carbonyl (C=O) groups is 1. The van der Waals surface area contributed by atoms with Gasteiger partial charge in [-0.3, -0.25) is 4.79 Å². The molecule has 0 atom stereocenters. The molecular formula is C10H8FNO2. The maximum atomic E-state index is 12.8. The number of ether oxygens (including phenoxy) is 1. The average molecular weight is 193 g/mol. The Morgan fingerprint density at radius 2 is 2.29 bits per heavy atom. The van der Waals surface area contributed by atoms with Gasteiger partial charge in [0, 0.05) is 5.56 Å². The first-order chi connectivity index (χ1) is 6.66. The molecule has 1 aliphatic heterocycles. The summed E-state index contributed by atoms with van der Waals surface area (Å²) in [6.07, 6.45) is 1.55. The highest BCUT2D eigenvalue weighted by Gasteiger charge is 2.14. The topological polar surface area (TPSA) is 52.3 Å². The molecule has 0 bridgehead atoms. The summed E-state index contributed by atoms with van der Waals surface area (Å²) in [7, 11) is 0. The number of fused-ring (bicyclic) bond motifs is 1. The Balaban J connectivity index is 2.47. The van der Waals surface area contributed by atoms with Crippen LogP contribution in [0.2, 0.25) is 0 Å². The third-order valence-electron chi connectivity index (χ3n) is 2.00. The highest BCUT2D eigenvalue weighted by molar-refractivity contribution is 5.97. The molecule has 1 aliphatic rings. The molecule has 14 heavy (non-hydrogen) atoms. The Kier molecular flexibility index (Phi) is 1.96. The molecular weight excluding hydrogens is 185 g/mol. The molecule has 0 saturated heterocycles. The van der Waals surface area contributed by atoms with Gasteiger partial charge in [-0.15, -0.1) is 0 Å². The van der Waals surface area contributed by atoms with E-state index in [0.717, 1.165) is 0 Å². The van der Waals surface area contributed by atoms with Crippen LogP contribution in [-0.2, 0) is 4.79 Å². The van der Waals surface area contributed by atoms with Crippen LogP contribution >= 0.6 is 0 Å². The number of hydrogen-bond acceptors (Lipinski definition) is 2. The highest BCUT2D eigenvalue weighted by atomic mass is 19.1. The van der Waals surface area contributed by atoms with Crippen molar-refractivity contribution >= 4 is 12.0 Å². The fourth-order valence-electron chi connectivity index (χ4n) is 1.29. The molecule has 0 saturated carbocycles.